The molecule has 11 nitrogen and oxygen atoms in total. The second-order valence-corrected chi connectivity index (χ2v) is 12.9. The van der Waals surface area contributed by atoms with Crippen LogP contribution >= 0.6 is 11.6 Å². The van der Waals surface area contributed by atoms with Crippen molar-refractivity contribution in [3.63, 3.8) is 0 Å². The highest BCUT2D eigenvalue weighted by atomic mass is 35.5. The fourth-order valence-corrected chi connectivity index (χ4v) is 6.92. The lowest BCUT2D eigenvalue weighted by atomic mass is 10.4. The van der Waals surface area contributed by atoms with Crippen molar-refractivity contribution >= 4 is 43.5 Å². The molecule has 0 radical (unpaired) electrons. The van der Waals surface area contributed by atoms with E-state index in [1.807, 2.05) is 0 Å². The van der Waals surface area contributed by atoms with Crippen LogP contribution in [-0.4, -0.2) is 112 Å². The van der Waals surface area contributed by atoms with Gasteiger partial charge in [-0.25, -0.2) is 21.6 Å². The van der Waals surface area contributed by atoms with E-state index in [-0.39, 0.29) is 29.6 Å². The van der Waals surface area contributed by atoms with Crippen LogP contribution in [0.2, 0.25) is 5.02 Å². The third-order valence-corrected chi connectivity index (χ3v) is 9.78. The first-order chi connectivity index (χ1) is 17.6. The zero-order valence-electron chi connectivity index (χ0n) is 20.4. The number of hydrogen-bond donors (Lipinski definition) is 2. The number of sulfonamides is 2. The van der Waals surface area contributed by atoms with E-state index in [2.05, 4.69) is 5.32 Å². The molecule has 0 unspecified atom stereocenters. The fraction of sp³-hybridized carbons (Fsp3) is 0.619. The van der Waals surface area contributed by atoms with Crippen LogP contribution in [0.1, 0.15) is 19.3 Å². The normalized spacial score (nSPS) is 17.4. The van der Waals surface area contributed by atoms with Crippen LogP contribution in [0.25, 0.3) is 0 Å². The van der Waals surface area contributed by atoms with Crippen molar-refractivity contribution in [1.82, 2.24) is 18.8 Å². The number of carboxylic acids is 1. The smallest absolute Gasteiger partial charge is 0.475 e. The number of carbonyl (C=O) groups excluding carboxylic acids is 1. The summed E-state index contributed by atoms with van der Waals surface area (Å²) in [4.78, 5) is 22.5. The summed E-state index contributed by atoms with van der Waals surface area (Å²) in [5.41, 5.74) is 0. The van der Waals surface area contributed by atoms with E-state index in [0.29, 0.717) is 57.1 Å². The average molecular weight is 607 g/mol. The second-order valence-electron chi connectivity index (χ2n) is 8.46. The van der Waals surface area contributed by atoms with Crippen LogP contribution in [0.15, 0.2) is 29.2 Å². The molecular formula is C21H30ClF3N4O7S2. The number of alkyl halides is 3. The first-order valence-electron chi connectivity index (χ1n) is 11.7. The Bertz CT molecular complexity index is 1160. The molecule has 1 aromatic carbocycles. The lowest BCUT2D eigenvalue weighted by Gasteiger charge is -2.28. The minimum absolute atomic E-state index is 0.0636. The summed E-state index contributed by atoms with van der Waals surface area (Å²) >= 11 is 5.88. The topological polar surface area (TPSA) is 144 Å². The van der Waals surface area contributed by atoms with E-state index in [1.165, 1.54) is 32.9 Å². The molecule has 2 heterocycles. The minimum atomic E-state index is -5.08. The number of nitrogens with one attached hydrogen (secondary N) is 1. The Balaban J connectivity index is 0.000000638. The van der Waals surface area contributed by atoms with E-state index in [4.69, 9.17) is 21.5 Å². The largest absolute Gasteiger partial charge is 0.490 e. The maximum Gasteiger partial charge on any atom is 0.490 e. The van der Waals surface area contributed by atoms with Crippen molar-refractivity contribution in [2.75, 3.05) is 58.1 Å². The zero-order valence-corrected chi connectivity index (χ0v) is 22.8. The Morgan fingerprint density at radius 3 is 2.13 bits per heavy atom. The molecule has 17 heteroatoms. The predicted octanol–water partition coefficient (Wildman–Crippen LogP) is 1.21. The number of amides is 1. The number of aliphatic carboxylic acids is 1. The Hall–Kier alpha value is -1.98. The number of carboxylic acid groups (broad SMARTS) is 1. The molecule has 0 aromatic heterocycles. The molecule has 2 aliphatic heterocycles. The molecule has 38 heavy (non-hydrogen) atoms. The average Bonchev–Trinajstić information content (AvgIpc) is 3.26. The van der Waals surface area contributed by atoms with Crippen molar-refractivity contribution < 1.29 is 44.7 Å². The summed E-state index contributed by atoms with van der Waals surface area (Å²) in [5, 5.41) is 10.6. The van der Waals surface area contributed by atoms with Crippen LogP contribution in [0, 0.1) is 0 Å². The molecule has 0 bridgehead atoms. The number of carbonyl (C=O) groups is 2. The maximum atomic E-state index is 13.2. The third-order valence-electron chi connectivity index (χ3n) is 5.77. The number of hydrogen-bond acceptors (Lipinski definition) is 7. The van der Waals surface area contributed by atoms with Gasteiger partial charge in [-0.15, -0.1) is 0 Å². The Kier molecular flexibility index (Phi) is 11.8. The van der Waals surface area contributed by atoms with Crippen molar-refractivity contribution in [3.8, 4) is 0 Å². The van der Waals surface area contributed by atoms with Crippen molar-refractivity contribution in [3.05, 3.63) is 29.3 Å². The van der Waals surface area contributed by atoms with Crippen LogP contribution in [0.5, 0.6) is 0 Å². The standard InChI is InChI=1S/C19H29ClN4O5S2.C2HF3O2/c20-17-4-6-18(7-5-17)31(28,29)24(12-2-11-22-10-1-3-19(22)25)15-16-30(26,27)23-13-8-21-9-14-23;3-2(4,5)1(6)7/h4-7,21H,1-3,8-16H2;(H,6,7). The number of nitrogens with zero attached hydrogens (tertiary/aromatic N) is 3. The van der Waals surface area contributed by atoms with E-state index < -0.39 is 32.2 Å². The zero-order chi connectivity index (χ0) is 28.6. The second kappa shape index (κ2) is 13.9. The van der Waals surface area contributed by atoms with Gasteiger partial charge in [0.05, 0.1) is 10.6 Å². The van der Waals surface area contributed by atoms with Gasteiger partial charge in [-0.05, 0) is 37.1 Å². The molecule has 1 aromatic rings. The summed E-state index contributed by atoms with van der Waals surface area (Å²) in [6.07, 6.45) is -3.31. The Labute approximate surface area is 224 Å². The van der Waals surface area contributed by atoms with Crippen LogP contribution < -0.4 is 5.32 Å². The lowest BCUT2D eigenvalue weighted by Crippen LogP contribution is -2.48. The summed E-state index contributed by atoms with van der Waals surface area (Å²) in [6, 6.07) is 5.82. The van der Waals surface area contributed by atoms with Gasteiger partial charge < -0.3 is 15.3 Å². The summed E-state index contributed by atoms with van der Waals surface area (Å²) in [5.74, 6) is -2.97. The van der Waals surface area contributed by atoms with Gasteiger partial charge in [-0.1, -0.05) is 11.6 Å². The fourth-order valence-electron chi connectivity index (χ4n) is 3.75. The molecule has 3 rings (SSSR count). The SMILES string of the molecule is O=C(O)C(F)(F)F.O=C1CCCN1CCCN(CCS(=O)(=O)N1CCNCC1)S(=O)(=O)c1ccc(Cl)cc1. The number of rotatable bonds is 10. The highest BCUT2D eigenvalue weighted by Crippen LogP contribution is 2.20. The molecule has 0 spiro atoms. The molecular weight excluding hydrogens is 577 g/mol. The van der Waals surface area contributed by atoms with Gasteiger partial charge in [0.15, 0.2) is 0 Å². The van der Waals surface area contributed by atoms with Gasteiger partial charge in [0.1, 0.15) is 0 Å². The van der Waals surface area contributed by atoms with Gasteiger partial charge in [-0.2, -0.15) is 21.8 Å². The molecule has 0 atom stereocenters. The number of likely N-dealkylation sites (tertiary alicyclic amines) is 1. The maximum absolute atomic E-state index is 13.2. The van der Waals surface area contributed by atoms with E-state index in [0.717, 1.165) is 6.42 Å². The van der Waals surface area contributed by atoms with Crippen LogP contribution in [0.3, 0.4) is 0 Å². The Morgan fingerprint density at radius 2 is 1.63 bits per heavy atom. The van der Waals surface area contributed by atoms with Gasteiger partial charge in [0.2, 0.25) is 26.0 Å². The number of piperazine rings is 1. The molecule has 2 N–H and O–H groups in total. The lowest BCUT2D eigenvalue weighted by molar-refractivity contribution is -0.192. The molecule has 1 amide bonds. The third kappa shape index (κ3) is 9.64. The highest BCUT2D eigenvalue weighted by molar-refractivity contribution is 7.90. The quantitative estimate of drug-likeness (QED) is 0.404. The predicted molar refractivity (Wildman–Crippen MR) is 133 cm³/mol. The van der Waals surface area contributed by atoms with Crippen LogP contribution in [0.4, 0.5) is 13.2 Å². The molecule has 2 fully saturated rings. The first-order valence-corrected chi connectivity index (χ1v) is 15.1. The van der Waals surface area contributed by atoms with Gasteiger partial charge in [0, 0.05) is 63.8 Å². The first kappa shape index (κ1) is 32.2. The van der Waals surface area contributed by atoms with Crippen molar-refractivity contribution in [2.24, 2.45) is 0 Å². The molecule has 0 saturated carbocycles. The van der Waals surface area contributed by atoms with Gasteiger partial charge in [0.25, 0.3) is 0 Å². The van der Waals surface area contributed by atoms with Crippen molar-refractivity contribution in [1.29, 1.82) is 0 Å². The van der Waals surface area contributed by atoms with E-state index >= 15 is 0 Å². The number of benzene rings is 1. The van der Waals surface area contributed by atoms with Gasteiger partial charge in [-0.3, -0.25) is 4.79 Å². The minimum Gasteiger partial charge on any atom is -0.475 e. The molecule has 216 valence electrons. The Morgan fingerprint density at radius 1 is 1.05 bits per heavy atom. The summed E-state index contributed by atoms with van der Waals surface area (Å²) < 4.78 is 86.2. The molecule has 2 aliphatic rings. The summed E-state index contributed by atoms with van der Waals surface area (Å²) in [6.45, 7) is 3.03. The van der Waals surface area contributed by atoms with Crippen molar-refractivity contribution in [2.45, 2.75) is 30.3 Å². The van der Waals surface area contributed by atoms with Gasteiger partial charge >= 0.3 is 12.1 Å². The van der Waals surface area contributed by atoms with E-state index in [1.54, 1.807) is 4.90 Å². The monoisotopic (exact) mass is 606 g/mol. The van der Waals surface area contributed by atoms with Crippen LogP contribution in [-0.2, 0) is 29.6 Å². The number of halogens is 4. The molecule has 0 aliphatic carbocycles. The molecule has 2 saturated heterocycles. The van der Waals surface area contributed by atoms with E-state index in [9.17, 15) is 34.8 Å². The highest BCUT2D eigenvalue weighted by Gasteiger charge is 2.38. The summed E-state index contributed by atoms with van der Waals surface area (Å²) in [7, 11) is -7.48.